The Labute approximate surface area is 215 Å². The van der Waals surface area contributed by atoms with E-state index in [-0.39, 0.29) is 23.4 Å². The number of hydrogen-bond acceptors (Lipinski definition) is 5. The van der Waals surface area contributed by atoms with Gasteiger partial charge in [-0.2, -0.15) is 0 Å². The Kier molecular flexibility index (Phi) is 10.5. The average molecular weight is 499 g/mol. The maximum Gasteiger partial charge on any atom is 0.245 e. The van der Waals surface area contributed by atoms with Gasteiger partial charge in [0.2, 0.25) is 12.3 Å². The summed E-state index contributed by atoms with van der Waals surface area (Å²) in [5.41, 5.74) is 6.03. The smallest absolute Gasteiger partial charge is 0.245 e. The Bertz CT molecular complexity index is 978. The van der Waals surface area contributed by atoms with Crippen molar-refractivity contribution < 1.29 is 9.59 Å². The lowest BCUT2D eigenvalue weighted by atomic mass is 9.85. The molecule has 1 aliphatic heterocycles. The lowest BCUT2D eigenvalue weighted by Crippen LogP contribution is -2.53. The van der Waals surface area contributed by atoms with Crippen molar-refractivity contribution in [3.05, 3.63) is 53.3 Å². The van der Waals surface area contributed by atoms with Crippen molar-refractivity contribution in [1.29, 1.82) is 0 Å². The molecule has 1 aromatic carbocycles. The second kappa shape index (κ2) is 12.9. The summed E-state index contributed by atoms with van der Waals surface area (Å²) >= 11 is 1.64. The highest BCUT2D eigenvalue weighted by molar-refractivity contribution is 7.13. The van der Waals surface area contributed by atoms with Gasteiger partial charge in [0.05, 0.1) is 22.1 Å². The fraction of sp³-hybridized carbons (Fsp3) is 0.536. The highest BCUT2D eigenvalue weighted by atomic mass is 32.1. The predicted molar refractivity (Wildman–Crippen MR) is 146 cm³/mol. The molecule has 6 nitrogen and oxygen atoms in total. The van der Waals surface area contributed by atoms with Crippen molar-refractivity contribution in [1.82, 2.24) is 20.5 Å². The average Bonchev–Trinajstić information content (AvgIpc) is 3.44. The summed E-state index contributed by atoms with van der Waals surface area (Å²) in [4.78, 5) is 30.5. The summed E-state index contributed by atoms with van der Waals surface area (Å²) in [5, 5.41) is 6.06. The number of thiazole rings is 1. The zero-order valence-corrected chi connectivity index (χ0v) is 23.2. The number of amides is 2. The van der Waals surface area contributed by atoms with E-state index in [4.69, 9.17) is 0 Å². The number of aryl methyl sites for hydroxylation is 1. The van der Waals surface area contributed by atoms with Crippen LogP contribution in [0.15, 0.2) is 42.1 Å². The molecule has 35 heavy (non-hydrogen) atoms. The van der Waals surface area contributed by atoms with Gasteiger partial charge >= 0.3 is 0 Å². The second-order valence-corrected chi connectivity index (χ2v) is 11.2. The normalized spacial score (nSPS) is 17.1. The van der Waals surface area contributed by atoms with Crippen LogP contribution < -0.4 is 10.6 Å². The van der Waals surface area contributed by atoms with Gasteiger partial charge in [0.25, 0.3) is 0 Å². The van der Waals surface area contributed by atoms with Crippen LogP contribution in [0.1, 0.15) is 78.1 Å². The zero-order valence-electron chi connectivity index (χ0n) is 22.4. The summed E-state index contributed by atoms with van der Waals surface area (Å²) in [6, 6.07) is 8.46. The third kappa shape index (κ3) is 7.92. The fourth-order valence-electron chi connectivity index (χ4n) is 4.08. The molecule has 3 rings (SSSR count). The monoisotopic (exact) mass is 498 g/mol. The molecule has 2 N–H and O–H groups in total. The van der Waals surface area contributed by atoms with Crippen LogP contribution in [0.3, 0.4) is 0 Å². The summed E-state index contributed by atoms with van der Waals surface area (Å²) in [6.07, 6.45) is 3.83. The molecule has 0 bridgehead atoms. The highest BCUT2D eigenvalue weighted by Gasteiger charge is 2.37. The third-order valence-electron chi connectivity index (χ3n) is 6.46. The molecule has 3 unspecified atom stereocenters. The SMILES string of the molecule is C=C(CC)NC(C(=O)N1CCCC1C)C(C)(C)C.Cc1ncsc1-c1ccc(C(C)NC=O)cc1. The predicted octanol–water partition coefficient (Wildman–Crippen LogP) is 5.85. The van der Waals surface area contributed by atoms with Gasteiger partial charge in [-0.1, -0.05) is 58.5 Å². The number of hydrogen-bond donors (Lipinski definition) is 2. The number of nitrogens with one attached hydrogen (secondary N) is 2. The number of nitrogens with zero attached hydrogens (tertiary/aromatic N) is 2. The number of carbonyl (C=O) groups is 2. The summed E-state index contributed by atoms with van der Waals surface area (Å²) < 4.78 is 0. The molecule has 1 fully saturated rings. The zero-order chi connectivity index (χ0) is 26.2. The molecule has 1 aromatic heterocycles. The van der Waals surface area contributed by atoms with Gasteiger partial charge in [-0.3, -0.25) is 9.59 Å². The highest BCUT2D eigenvalue weighted by Crippen LogP contribution is 2.28. The maximum atomic E-state index is 12.7. The van der Waals surface area contributed by atoms with Crippen molar-refractivity contribution >= 4 is 23.7 Å². The molecule has 0 aliphatic carbocycles. The molecule has 0 radical (unpaired) electrons. The first-order valence-corrected chi connectivity index (χ1v) is 13.3. The van der Waals surface area contributed by atoms with E-state index in [9.17, 15) is 9.59 Å². The van der Waals surface area contributed by atoms with Gasteiger partial charge in [0.15, 0.2) is 0 Å². The van der Waals surface area contributed by atoms with Crippen LogP contribution >= 0.6 is 11.3 Å². The quantitative estimate of drug-likeness (QED) is 0.448. The third-order valence-corrected chi connectivity index (χ3v) is 7.44. The molecule has 1 aliphatic rings. The first-order valence-electron chi connectivity index (χ1n) is 12.4. The topological polar surface area (TPSA) is 74.3 Å². The van der Waals surface area contributed by atoms with E-state index in [0.29, 0.717) is 6.04 Å². The van der Waals surface area contributed by atoms with Gasteiger partial charge in [-0.25, -0.2) is 4.98 Å². The standard InChI is InChI=1S/C15H28N2O.C13H14N2OS/c1-7-11(2)16-13(15(4,5)6)14(18)17-10-8-9-12(17)3;1-9(14-7-16)11-3-5-12(6-4-11)13-10(2)15-8-17-13/h12-13,16H,2,7-10H2,1,3-6H3;3-9H,1-2H3,(H,14,16). The minimum Gasteiger partial charge on any atom is -0.377 e. The summed E-state index contributed by atoms with van der Waals surface area (Å²) in [7, 11) is 0. The second-order valence-electron chi connectivity index (χ2n) is 10.3. The largest absolute Gasteiger partial charge is 0.377 e. The lowest BCUT2D eigenvalue weighted by Gasteiger charge is -2.36. The number of allylic oxidation sites excluding steroid dienone is 1. The van der Waals surface area contributed by atoms with Crippen LogP contribution in [0.4, 0.5) is 0 Å². The van der Waals surface area contributed by atoms with Gasteiger partial charge in [0.1, 0.15) is 6.04 Å². The van der Waals surface area contributed by atoms with Crippen molar-refractivity contribution in [2.75, 3.05) is 6.54 Å². The molecule has 0 saturated carbocycles. The molecule has 3 atom stereocenters. The molecule has 0 spiro atoms. The van der Waals surface area contributed by atoms with Gasteiger partial charge < -0.3 is 15.5 Å². The Morgan fingerprint density at radius 1 is 1.31 bits per heavy atom. The van der Waals surface area contributed by atoms with E-state index in [1.165, 1.54) is 10.4 Å². The van der Waals surface area contributed by atoms with Crippen molar-refractivity contribution in [2.45, 2.75) is 85.9 Å². The Hall–Kier alpha value is -2.67. The Morgan fingerprint density at radius 2 is 1.97 bits per heavy atom. The number of likely N-dealkylation sites (tertiary alicyclic amines) is 1. The Balaban J connectivity index is 0.000000247. The van der Waals surface area contributed by atoms with E-state index in [1.807, 2.05) is 36.4 Å². The summed E-state index contributed by atoms with van der Waals surface area (Å²) in [6.45, 7) is 19.3. The van der Waals surface area contributed by atoms with Crippen LogP contribution in [0.25, 0.3) is 10.4 Å². The van der Waals surface area contributed by atoms with Crippen molar-refractivity contribution in [3.8, 4) is 10.4 Å². The Morgan fingerprint density at radius 3 is 2.43 bits per heavy atom. The van der Waals surface area contributed by atoms with E-state index >= 15 is 0 Å². The molecule has 7 heteroatoms. The number of rotatable bonds is 8. The molecule has 2 aromatic rings. The molecule has 2 amide bonds. The lowest BCUT2D eigenvalue weighted by molar-refractivity contribution is -0.136. The van der Waals surface area contributed by atoms with Crippen LogP contribution in [0, 0.1) is 12.3 Å². The van der Waals surface area contributed by atoms with Crippen LogP contribution in [0.2, 0.25) is 0 Å². The van der Waals surface area contributed by atoms with Gasteiger partial charge in [0, 0.05) is 18.3 Å². The maximum absolute atomic E-state index is 12.7. The fourth-order valence-corrected chi connectivity index (χ4v) is 4.89. The first kappa shape index (κ1) is 28.6. The van der Waals surface area contributed by atoms with Crippen LogP contribution in [0.5, 0.6) is 0 Å². The van der Waals surface area contributed by atoms with Crippen molar-refractivity contribution in [2.24, 2.45) is 5.41 Å². The summed E-state index contributed by atoms with van der Waals surface area (Å²) in [5.74, 6) is 0.224. The first-order chi connectivity index (χ1) is 16.5. The number of carbonyl (C=O) groups excluding carboxylic acids is 2. The molecule has 1 saturated heterocycles. The van der Waals surface area contributed by atoms with E-state index in [2.05, 4.69) is 68.9 Å². The van der Waals surface area contributed by atoms with E-state index in [1.54, 1.807) is 11.3 Å². The molecule has 192 valence electrons. The van der Waals surface area contributed by atoms with Crippen molar-refractivity contribution in [3.63, 3.8) is 0 Å². The molecular formula is C28H42N4O2S. The van der Waals surface area contributed by atoms with Crippen LogP contribution in [-0.2, 0) is 9.59 Å². The van der Waals surface area contributed by atoms with Crippen LogP contribution in [-0.4, -0.2) is 40.8 Å². The van der Waals surface area contributed by atoms with Gasteiger partial charge in [-0.05, 0) is 56.6 Å². The van der Waals surface area contributed by atoms with E-state index in [0.717, 1.165) is 49.2 Å². The minimum atomic E-state index is -0.175. The number of benzene rings is 1. The van der Waals surface area contributed by atoms with Gasteiger partial charge in [-0.15, -0.1) is 11.3 Å². The van der Waals surface area contributed by atoms with E-state index < -0.39 is 0 Å². The minimum absolute atomic E-state index is 0.0455. The molecule has 2 heterocycles. The number of aromatic nitrogens is 1. The molecular weight excluding hydrogens is 456 g/mol.